The zero-order valence-electron chi connectivity index (χ0n) is 13.4. The number of halogens is 1. The fourth-order valence-corrected chi connectivity index (χ4v) is 3.10. The quantitative estimate of drug-likeness (QED) is 0.611. The Bertz CT molecular complexity index is 1060. The van der Waals surface area contributed by atoms with Crippen molar-refractivity contribution in [1.29, 1.82) is 0 Å². The van der Waals surface area contributed by atoms with Gasteiger partial charge >= 0.3 is 0 Å². The van der Waals surface area contributed by atoms with Gasteiger partial charge in [-0.15, -0.1) is 0 Å². The van der Waals surface area contributed by atoms with Gasteiger partial charge in [-0.3, -0.25) is 14.6 Å². The van der Waals surface area contributed by atoms with Gasteiger partial charge in [0.15, 0.2) is 4.77 Å². The minimum atomic E-state index is -0.278. The van der Waals surface area contributed by atoms with Crippen molar-refractivity contribution in [2.24, 2.45) is 0 Å². The third-order valence-corrected chi connectivity index (χ3v) is 4.25. The molecule has 0 spiro atoms. The van der Waals surface area contributed by atoms with Crippen molar-refractivity contribution in [3.8, 4) is 0 Å². The summed E-state index contributed by atoms with van der Waals surface area (Å²) in [6, 6.07) is 12.3. The first-order valence-electron chi connectivity index (χ1n) is 7.74. The Morgan fingerprint density at radius 2 is 2.04 bits per heavy atom. The molecule has 25 heavy (non-hydrogen) atoms. The molecule has 7 heteroatoms. The van der Waals surface area contributed by atoms with Crippen LogP contribution in [0.2, 0.25) is 5.02 Å². The molecule has 1 unspecified atom stereocenters. The Hall–Kier alpha value is -2.44. The molecule has 0 saturated heterocycles. The summed E-state index contributed by atoms with van der Waals surface area (Å²) in [7, 11) is 0. The largest absolute Gasteiger partial charge is 0.349 e. The Kier molecular flexibility index (Phi) is 5.01. The van der Waals surface area contributed by atoms with Crippen LogP contribution in [-0.2, 0) is 6.42 Å². The summed E-state index contributed by atoms with van der Waals surface area (Å²) < 4.78 is 0.226. The normalized spacial score (nSPS) is 12.1. The van der Waals surface area contributed by atoms with Gasteiger partial charge in [0, 0.05) is 16.6 Å². The summed E-state index contributed by atoms with van der Waals surface area (Å²) in [5.41, 5.74) is 1.76. The molecule has 3 rings (SSSR count). The lowest BCUT2D eigenvalue weighted by atomic mass is 10.1. The molecule has 0 aliphatic carbocycles. The number of aromatic amines is 2. The smallest absolute Gasteiger partial charge is 0.259 e. The van der Waals surface area contributed by atoms with Crippen LogP contribution < -0.4 is 10.9 Å². The summed E-state index contributed by atoms with van der Waals surface area (Å²) in [5, 5.41) is 4.08. The highest BCUT2D eigenvalue weighted by Gasteiger charge is 2.12. The SMILES string of the molecule is CC(Cc1cccc(Cl)c1)NC(=O)c1ccc2c(=O)[nH]c(=S)[nH]c2c1. The number of amides is 1. The fraction of sp³-hybridized carbons (Fsp3) is 0.167. The lowest BCUT2D eigenvalue weighted by Gasteiger charge is -2.14. The second-order valence-corrected chi connectivity index (χ2v) is 6.72. The van der Waals surface area contributed by atoms with Gasteiger partial charge < -0.3 is 10.3 Å². The molecular formula is C18H16ClN3O2S. The minimum Gasteiger partial charge on any atom is -0.349 e. The highest BCUT2D eigenvalue weighted by molar-refractivity contribution is 7.71. The molecule has 2 aromatic carbocycles. The van der Waals surface area contributed by atoms with Crippen molar-refractivity contribution in [2.75, 3.05) is 0 Å². The third kappa shape index (κ3) is 4.15. The van der Waals surface area contributed by atoms with E-state index in [0.29, 0.717) is 27.9 Å². The van der Waals surface area contributed by atoms with Crippen LogP contribution in [0, 0.1) is 4.77 Å². The van der Waals surface area contributed by atoms with E-state index in [1.165, 1.54) is 0 Å². The first-order valence-corrected chi connectivity index (χ1v) is 8.52. The molecule has 0 aliphatic rings. The van der Waals surface area contributed by atoms with Crippen LogP contribution in [-0.4, -0.2) is 21.9 Å². The maximum absolute atomic E-state index is 12.5. The average molecular weight is 374 g/mol. The molecule has 1 amide bonds. The number of hydrogen-bond acceptors (Lipinski definition) is 3. The van der Waals surface area contributed by atoms with Gasteiger partial charge in [0.1, 0.15) is 0 Å². The summed E-state index contributed by atoms with van der Waals surface area (Å²) in [4.78, 5) is 29.7. The molecule has 0 radical (unpaired) electrons. The molecule has 1 atom stereocenters. The zero-order valence-corrected chi connectivity index (χ0v) is 15.0. The number of nitrogens with one attached hydrogen (secondary N) is 3. The van der Waals surface area contributed by atoms with Gasteiger partial charge in [0.25, 0.3) is 11.5 Å². The fourth-order valence-electron chi connectivity index (χ4n) is 2.69. The van der Waals surface area contributed by atoms with Crippen LogP contribution in [0.5, 0.6) is 0 Å². The van der Waals surface area contributed by atoms with E-state index in [4.69, 9.17) is 23.8 Å². The summed E-state index contributed by atoms with van der Waals surface area (Å²) in [6.45, 7) is 1.93. The molecule has 0 aliphatic heterocycles. The van der Waals surface area contributed by atoms with Crippen molar-refractivity contribution in [2.45, 2.75) is 19.4 Å². The van der Waals surface area contributed by atoms with Crippen LogP contribution in [0.25, 0.3) is 10.9 Å². The topological polar surface area (TPSA) is 77.8 Å². The average Bonchev–Trinajstić information content (AvgIpc) is 2.53. The van der Waals surface area contributed by atoms with Crippen LogP contribution in [0.3, 0.4) is 0 Å². The maximum Gasteiger partial charge on any atom is 0.259 e. The lowest BCUT2D eigenvalue weighted by molar-refractivity contribution is 0.0940. The van der Waals surface area contributed by atoms with Gasteiger partial charge in [-0.25, -0.2) is 0 Å². The Morgan fingerprint density at radius 3 is 2.80 bits per heavy atom. The van der Waals surface area contributed by atoms with E-state index >= 15 is 0 Å². The Labute approximate surface area is 154 Å². The number of H-pyrrole nitrogens is 2. The van der Waals surface area contributed by atoms with E-state index in [9.17, 15) is 9.59 Å². The molecule has 128 valence electrons. The standard InChI is InChI=1S/C18H16ClN3O2S/c1-10(7-11-3-2-4-13(19)8-11)20-16(23)12-5-6-14-15(9-12)21-18(25)22-17(14)24/h2-6,8-10H,7H2,1H3,(H,20,23)(H2,21,22,24,25). The number of aromatic nitrogens is 2. The van der Waals surface area contributed by atoms with E-state index in [1.54, 1.807) is 18.2 Å². The maximum atomic E-state index is 12.5. The van der Waals surface area contributed by atoms with Gasteiger partial charge in [0.05, 0.1) is 10.9 Å². The van der Waals surface area contributed by atoms with E-state index < -0.39 is 0 Å². The Balaban J connectivity index is 1.77. The van der Waals surface area contributed by atoms with E-state index in [-0.39, 0.29) is 22.3 Å². The van der Waals surface area contributed by atoms with Crippen LogP contribution in [0.1, 0.15) is 22.8 Å². The van der Waals surface area contributed by atoms with Gasteiger partial charge in [0.2, 0.25) is 0 Å². The second kappa shape index (κ2) is 7.21. The Morgan fingerprint density at radius 1 is 1.24 bits per heavy atom. The predicted molar refractivity (Wildman–Crippen MR) is 102 cm³/mol. The first kappa shape index (κ1) is 17.4. The predicted octanol–water partition coefficient (Wildman–Crippen LogP) is 3.60. The molecule has 1 aromatic heterocycles. The summed E-state index contributed by atoms with van der Waals surface area (Å²) >= 11 is 11.0. The van der Waals surface area contributed by atoms with Crippen LogP contribution in [0.15, 0.2) is 47.3 Å². The molecule has 0 fully saturated rings. The molecule has 3 N–H and O–H groups in total. The molecular weight excluding hydrogens is 358 g/mol. The molecule has 0 bridgehead atoms. The monoisotopic (exact) mass is 373 g/mol. The summed E-state index contributed by atoms with van der Waals surface area (Å²) in [6.07, 6.45) is 0.669. The van der Waals surface area contributed by atoms with Gasteiger partial charge in [-0.2, -0.15) is 0 Å². The zero-order chi connectivity index (χ0) is 18.0. The number of carbonyl (C=O) groups is 1. The van der Waals surface area contributed by atoms with E-state index in [1.807, 2.05) is 31.2 Å². The number of rotatable bonds is 4. The highest BCUT2D eigenvalue weighted by atomic mass is 35.5. The third-order valence-electron chi connectivity index (χ3n) is 3.81. The van der Waals surface area contributed by atoms with Crippen LogP contribution >= 0.6 is 23.8 Å². The molecule has 5 nitrogen and oxygen atoms in total. The lowest BCUT2D eigenvalue weighted by Crippen LogP contribution is -2.34. The van der Waals surface area contributed by atoms with Crippen molar-refractivity contribution < 1.29 is 4.79 Å². The van der Waals surface area contributed by atoms with E-state index in [0.717, 1.165) is 5.56 Å². The number of hydrogen-bond donors (Lipinski definition) is 3. The van der Waals surface area contributed by atoms with Crippen LogP contribution in [0.4, 0.5) is 0 Å². The number of fused-ring (bicyclic) bond motifs is 1. The molecule has 3 aromatic rings. The second-order valence-electron chi connectivity index (χ2n) is 5.88. The summed E-state index contributed by atoms with van der Waals surface area (Å²) in [5.74, 6) is -0.212. The molecule has 0 saturated carbocycles. The number of carbonyl (C=O) groups excluding carboxylic acids is 1. The first-order chi connectivity index (χ1) is 11.9. The van der Waals surface area contributed by atoms with Gasteiger partial charge in [-0.05, 0) is 61.5 Å². The highest BCUT2D eigenvalue weighted by Crippen LogP contribution is 2.13. The van der Waals surface area contributed by atoms with Crippen molar-refractivity contribution in [3.05, 3.63) is 73.7 Å². The minimum absolute atomic E-state index is 0.0701. The van der Waals surface area contributed by atoms with Crippen molar-refractivity contribution in [1.82, 2.24) is 15.3 Å². The van der Waals surface area contributed by atoms with Crippen molar-refractivity contribution >= 4 is 40.6 Å². The van der Waals surface area contributed by atoms with E-state index in [2.05, 4.69) is 15.3 Å². The molecule has 1 heterocycles. The van der Waals surface area contributed by atoms with Crippen molar-refractivity contribution in [3.63, 3.8) is 0 Å². The number of benzene rings is 2. The van der Waals surface area contributed by atoms with Gasteiger partial charge in [-0.1, -0.05) is 23.7 Å².